The molecule has 144 valence electrons. The fraction of sp³-hybridized carbons (Fsp3) is 0.238. The topological polar surface area (TPSA) is 41.4 Å². The van der Waals surface area contributed by atoms with Crippen LogP contribution in [0.15, 0.2) is 53.3 Å². The number of nitrogens with zero attached hydrogens (tertiary/aromatic N) is 4. The monoisotopic (exact) mass is 414 g/mol. The maximum Gasteiger partial charge on any atom is 0.259 e. The molecule has 0 aliphatic carbocycles. The molecule has 0 spiro atoms. The van der Waals surface area contributed by atoms with E-state index in [-0.39, 0.29) is 5.56 Å². The molecule has 1 aliphatic heterocycles. The summed E-state index contributed by atoms with van der Waals surface area (Å²) in [5, 5.41) is 1.09. The molecule has 1 aliphatic rings. The van der Waals surface area contributed by atoms with Crippen molar-refractivity contribution in [2.75, 3.05) is 11.6 Å². The maximum atomic E-state index is 13.0. The molecule has 5 nitrogen and oxygen atoms in total. The molecule has 0 amide bonds. The highest BCUT2D eigenvalue weighted by Gasteiger charge is 2.28. The van der Waals surface area contributed by atoms with Gasteiger partial charge in [-0.3, -0.25) is 19.2 Å². The Kier molecular flexibility index (Phi) is 5.15. The first-order valence-corrected chi connectivity index (χ1v) is 9.76. The molecule has 0 N–H and O–H groups in total. The van der Waals surface area contributed by atoms with Crippen LogP contribution >= 0.6 is 23.2 Å². The van der Waals surface area contributed by atoms with Crippen molar-refractivity contribution in [1.82, 2.24) is 14.5 Å². The van der Waals surface area contributed by atoms with Crippen LogP contribution in [-0.2, 0) is 13.2 Å². The number of fused-ring (bicyclic) bond motifs is 1. The van der Waals surface area contributed by atoms with Gasteiger partial charge in [-0.2, -0.15) is 0 Å². The molecule has 3 aromatic rings. The summed E-state index contributed by atoms with van der Waals surface area (Å²) in [7, 11) is 0. The van der Waals surface area contributed by atoms with E-state index in [2.05, 4.69) is 17.0 Å². The average molecular weight is 415 g/mol. The van der Waals surface area contributed by atoms with E-state index in [0.29, 0.717) is 41.4 Å². The summed E-state index contributed by atoms with van der Waals surface area (Å²) in [5.74, 6) is 0.599. The standard InChI is InChI=1S/C21H20Cl2N4O/c1-14-15(2)24-21-26(19-9-8-17(22)10-18(19)23)12-25(13-27(21)20(14)28)11-16-6-4-3-5-7-16/h3-10H,11-13H2,1-2H3. The molecule has 0 fully saturated rings. The highest BCUT2D eigenvalue weighted by atomic mass is 35.5. The summed E-state index contributed by atoms with van der Waals surface area (Å²) >= 11 is 12.6. The molecule has 0 atom stereocenters. The summed E-state index contributed by atoms with van der Waals surface area (Å²) in [5.41, 5.74) is 3.30. The van der Waals surface area contributed by atoms with Gasteiger partial charge in [0.25, 0.3) is 5.56 Å². The summed E-state index contributed by atoms with van der Waals surface area (Å²) in [6.45, 7) is 5.41. The van der Waals surface area contributed by atoms with Crippen molar-refractivity contribution in [2.24, 2.45) is 0 Å². The minimum atomic E-state index is -0.0321. The van der Waals surface area contributed by atoms with Gasteiger partial charge < -0.3 is 0 Å². The van der Waals surface area contributed by atoms with Crippen molar-refractivity contribution >= 4 is 34.8 Å². The molecule has 2 heterocycles. The summed E-state index contributed by atoms with van der Waals surface area (Å²) in [6.07, 6.45) is 0. The number of aryl methyl sites for hydroxylation is 1. The normalized spacial score (nSPS) is 14.2. The zero-order chi connectivity index (χ0) is 19.8. The smallest absolute Gasteiger partial charge is 0.259 e. The first-order valence-electron chi connectivity index (χ1n) is 9.01. The van der Waals surface area contributed by atoms with Crippen LogP contribution in [0.1, 0.15) is 16.8 Å². The van der Waals surface area contributed by atoms with E-state index in [1.807, 2.05) is 43.0 Å². The third-order valence-electron chi connectivity index (χ3n) is 4.99. The Morgan fingerprint density at radius 3 is 2.50 bits per heavy atom. The molecule has 28 heavy (non-hydrogen) atoms. The minimum Gasteiger partial charge on any atom is -0.297 e. The van der Waals surface area contributed by atoms with Crippen LogP contribution in [0.3, 0.4) is 0 Å². The van der Waals surface area contributed by atoms with Crippen molar-refractivity contribution in [3.63, 3.8) is 0 Å². The largest absolute Gasteiger partial charge is 0.297 e. The van der Waals surface area contributed by atoms with E-state index in [4.69, 9.17) is 28.2 Å². The molecule has 0 saturated carbocycles. The van der Waals surface area contributed by atoms with Gasteiger partial charge in [-0.25, -0.2) is 4.98 Å². The number of hydrogen-bond donors (Lipinski definition) is 0. The lowest BCUT2D eigenvalue weighted by Crippen LogP contribution is -2.47. The van der Waals surface area contributed by atoms with Gasteiger partial charge in [-0.1, -0.05) is 53.5 Å². The zero-order valence-electron chi connectivity index (χ0n) is 15.7. The molecule has 0 unspecified atom stereocenters. The number of anilines is 2. The molecule has 4 rings (SSSR count). The Morgan fingerprint density at radius 1 is 1.04 bits per heavy atom. The third kappa shape index (κ3) is 3.53. The quantitative estimate of drug-likeness (QED) is 0.620. The van der Waals surface area contributed by atoms with Gasteiger partial charge in [-0.15, -0.1) is 0 Å². The zero-order valence-corrected chi connectivity index (χ0v) is 17.2. The predicted molar refractivity (Wildman–Crippen MR) is 113 cm³/mol. The van der Waals surface area contributed by atoms with Crippen LogP contribution in [-0.4, -0.2) is 21.1 Å². The van der Waals surface area contributed by atoms with Gasteiger partial charge in [0.05, 0.1) is 24.0 Å². The summed E-state index contributed by atoms with van der Waals surface area (Å²) in [6, 6.07) is 15.6. The highest BCUT2D eigenvalue weighted by Crippen LogP contribution is 2.35. The summed E-state index contributed by atoms with van der Waals surface area (Å²) < 4.78 is 1.71. The van der Waals surface area contributed by atoms with Crippen molar-refractivity contribution in [1.29, 1.82) is 0 Å². The van der Waals surface area contributed by atoms with Crippen molar-refractivity contribution < 1.29 is 0 Å². The van der Waals surface area contributed by atoms with Gasteiger partial charge in [0, 0.05) is 22.8 Å². The first-order chi connectivity index (χ1) is 13.4. The molecule has 7 heteroatoms. The van der Waals surface area contributed by atoms with Gasteiger partial charge in [0.1, 0.15) is 0 Å². The second-order valence-corrected chi connectivity index (χ2v) is 7.82. The Labute approximate surface area is 173 Å². The molecule has 2 aromatic carbocycles. The second kappa shape index (κ2) is 7.59. The van der Waals surface area contributed by atoms with Crippen molar-refractivity contribution in [3.8, 4) is 0 Å². The van der Waals surface area contributed by atoms with Crippen LogP contribution in [0, 0.1) is 13.8 Å². The fourth-order valence-corrected chi connectivity index (χ4v) is 3.92. The van der Waals surface area contributed by atoms with E-state index in [9.17, 15) is 4.79 Å². The Balaban J connectivity index is 1.81. The van der Waals surface area contributed by atoms with E-state index >= 15 is 0 Å². The Morgan fingerprint density at radius 2 is 1.79 bits per heavy atom. The first kappa shape index (κ1) is 19.0. The van der Waals surface area contributed by atoms with Gasteiger partial charge in [0.2, 0.25) is 5.95 Å². The fourth-order valence-electron chi connectivity index (χ4n) is 3.41. The molecular weight excluding hydrogens is 395 g/mol. The third-order valence-corrected chi connectivity index (χ3v) is 5.53. The van der Waals surface area contributed by atoms with Crippen LogP contribution in [0.5, 0.6) is 0 Å². The molecule has 0 radical (unpaired) electrons. The lowest BCUT2D eigenvalue weighted by molar-refractivity contribution is 0.190. The predicted octanol–water partition coefficient (Wildman–Crippen LogP) is 4.74. The van der Waals surface area contributed by atoms with Crippen LogP contribution in [0.25, 0.3) is 0 Å². The Bertz CT molecular complexity index is 1080. The van der Waals surface area contributed by atoms with Crippen molar-refractivity contribution in [2.45, 2.75) is 27.1 Å². The van der Waals surface area contributed by atoms with E-state index in [1.165, 1.54) is 5.56 Å². The number of benzene rings is 2. The lowest BCUT2D eigenvalue weighted by Gasteiger charge is -2.38. The molecule has 0 bridgehead atoms. The van der Waals surface area contributed by atoms with Crippen LogP contribution < -0.4 is 10.5 Å². The van der Waals surface area contributed by atoms with Crippen LogP contribution in [0.4, 0.5) is 11.6 Å². The SMILES string of the molecule is Cc1nc2n(c(=O)c1C)CN(Cc1ccccc1)CN2c1ccc(Cl)cc1Cl. The van der Waals surface area contributed by atoms with E-state index in [1.54, 1.807) is 16.7 Å². The van der Waals surface area contributed by atoms with Crippen LogP contribution in [0.2, 0.25) is 10.0 Å². The molecule has 1 aromatic heterocycles. The second-order valence-electron chi connectivity index (χ2n) is 6.98. The lowest BCUT2D eigenvalue weighted by atomic mass is 10.2. The van der Waals surface area contributed by atoms with Gasteiger partial charge >= 0.3 is 0 Å². The van der Waals surface area contributed by atoms with Gasteiger partial charge in [0.15, 0.2) is 0 Å². The number of halogens is 2. The van der Waals surface area contributed by atoms with E-state index < -0.39 is 0 Å². The molecule has 0 saturated heterocycles. The summed E-state index contributed by atoms with van der Waals surface area (Å²) in [4.78, 5) is 21.8. The highest BCUT2D eigenvalue weighted by molar-refractivity contribution is 6.36. The Hall–Kier alpha value is -2.34. The van der Waals surface area contributed by atoms with Crippen molar-refractivity contribution in [3.05, 3.63) is 85.8 Å². The minimum absolute atomic E-state index is 0.0321. The number of hydrogen-bond acceptors (Lipinski definition) is 4. The average Bonchev–Trinajstić information content (AvgIpc) is 2.67. The number of rotatable bonds is 3. The molecular formula is C21H20Cl2N4O. The number of aromatic nitrogens is 2. The van der Waals surface area contributed by atoms with E-state index in [0.717, 1.165) is 11.4 Å². The van der Waals surface area contributed by atoms with Gasteiger partial charge in [-0.05, 0) is 37.6 Å². The maximum absolute atomic E-state index is 13.0.